The van der Waals surface area contributed by atoms with Gasteiger partial charge >= 0.3 is 0 Å². The Labute approximate surface area is 131 Å². The fourth-order valence-electron chi connectivity index (χ4n) is 4.24. The summed E-state index contributed by atoms with van der Waals surface area (Å²) in [5.41, 5.74) is 0. The van der Waals surface area contributed by atoms with Crippen LogP contribution in [0, 0.1) is 11.8 Å². The lowest BCUT2D eigenvalue weighted by Gasteiger charge is -2.40. The van der Waals surface area contributed by atoms with Crippen LogP contribution in [-0.4, -0.2) is 47.8 Å². The SMILES string of the molecule is CCC(O)CC1CC(NC2CCCC2)CN(CC(C)C)C1. The molecule has 1 saturated heterocycles. The van der Waals surface area contributed by atoms with Crippen LogP contribution >= 0.6 is 0 Å². The average Bonchev–Trinajstić information content (AvgIpc) is 2.90. The van der Waals surface area contributed by atoms with Gasteiger partial charge in [0.25, 0.3) is 0 Å². The van der Waals surface area contributed by atoms with Gasteiger partial charge < -0.3 is 15.3 Å². The predicted octanol–water partition coefficient (Wildman–Crippen LogP) is 3.03. The van der Waals surface area contributed by atoms with Crippen LogP contribution in [0.15, 0.2) is 0 Å². The lowest BCUT2D eigenvalue weighted by molar-refractivity contribution is 0.0760. The Hall–Kier alpha value is -0.120. The third kappa shape index (κ3) is 5.88. The summed E-state index contributed by atoms with van der Waals surface area (Å²) in [4.78, 5) is 2.63. The van der Waals surface area contributed by atoms with E-state index in [4.69, 9.17) is 0 Å². The Morgan fingerprint density at radius 3 is 2.48 bits per heavy atom. The molecule has 2 fully saturated rings. The molecule has 1 aliphatic carbocycles. The Morgan fingerprint density at radius 2 is 1.86 bits per heavy atom. The van der Waals surface area contributed by atoms with Crippen molar-refractivity contribution in [2.24, 2.45) is 11.8 Å². The van der Waals surface area contributed by atoms with Gasteiger partial charge in [-0.25, -0.2) is 0 Å². The minimum absolute atomic E-state index is 0.110. The zero-order valence-corrected chi connectivity index (χ0v) is 14.4. The van der Waals surface area contributed by atoms with Gasteiger partial charge in [0.1, 0.15) is 0 Å². The topological polar surface area (TPSA) is 35.5 Å². The van der Waals surface area contributed by atoms with Gasteiger partial charge in [-0.15, -0.1) is 0 Å². The molecule has 0 aromatic rings. The van der Waals surface area contributed by atoms with Crippen molar-refractivity contribution >= 4 is 0 Å². The molecular weight excluding hydrogens is 260 g/mol. The summed E-state index contributed by atoms with van der Waals surface area (Å²) >= 11 is 0. The Balaban J connectivity index is 1.88. The lowest BCUT2D eigenvalue weighted by atomic mass is 9.88. The second-order valence-electron chi connectivity index (χ2n) is 7.86. The van der Waals surface area contributed by atoms with Crippen molar-refractivity contribution in [1.29, 1.82) is 0 Å². The van der Waals surface area contributed by atoms with Gasteiger partial charge in [-0.3, -0.25) is 0 Å². The zero-order valence-electron chi connectivity index (χ0n) is 14.4. The van der Waals surface area contributed by atoms with Gasteiger partial charge in [0, 0.05) is 31.7 Å². The van der Waals surface area contributed by atoms with Crippen molar-refractivity contribution in [3.63, 3.8) is 0 Å². The summed E-state index contributed by atoms with van der Waals surface area (Å²) < 4.78 is 0. The van der Waals surface area contributed by atoms with Crippen molar-refractivity contribution in [3.05, 3.63) is 0 Å². The van der Waals surface area contributed by atoms with Crippen LogP contribution in [0.2, 0.25) is 0 Å². The van der Waals surface area contributed by atoms with Crippen molar-refractivity contribution in [2.75, 3.05) is 19.6 Å². The highest BCUT2D eigenvalue weighted by Gasteiger charge is 2.30. The molecular formula is C18H36N2O. The van der Waals surface area contributed by atoms with E-state index in [1.165, 1.54) is 51.7 Å². The molecule has 1 heterocycles. The first-order chi connectivity index (χ1) is 10.1. The molecule has 3 nitrogen and oxygen atoms in total. The molecule has 2 aliphatic rings. The summed E-state index contributed by atoms with van der Waals surface area (Å²) in [6.07, 6.45) is 8.54. The molecule has 0 aromatic carbocycles. The van der Waals surface area contributed by atoms with E-state index in [1.807, 2.05) is 0 Å². The number of piperidine rings is 1. The highest BCUT2D eigenvalue weighted by atomic mass is 16.3. The van der Waals surface area contributed by atoms with E-state index in [0.29, 0.717) is 12.0 Å². The summed E-state index contributed by atoms with van der Waals surface area (Å²) in [5, 5.41) is 13.9. The molecule has 0 bridgehead atoms. The Kier molecular flexibility index (Phi) is 6.97. The second-order valence-corrected chi connectivity index (χ2v) is 7.86. The smallest absolute Gasteiger partial charge is 0.0540 e. The number of nitrogens with one attached hydrogen (secondary N) is 1. The zero-order chi connectivity index (χ0) is 15.2. The molecule has 0 aromatic heterocycles. The number of likely N-dealkylation sites (tertiary alicyclic amines) is 1. The fourth-order valence-corrected chi connectivity index (χ4v) is 4.24. The normalized spacial score (nSPS) is 30.1. The van der Waals surface area contributed by atoms with E-state index in [9.17, 15) is 5.11 Å². The maximum atomic E-state index is 10.0. The molecule has 3 atom stereocenters. The van der Waals surface area contributed by atoms with Crippen LogP contribution in [-0.2, 0) is 0 Å². The lowest BCUT2D eigenvalue weighted by Crippen LogP contribution is -2.52. The first kappa shape index (κ1) is 17.2. The summed E-state index contributed by atoms with van der Waals surface area (Å²) in [7, 11) is 0. The van der Waals surface area contributed by atoms with Crippen LogP contribution in [0.25, 0.3) is 0 Å². The van der Waals surface area contributed by atoms with E-state index in [0.717, 1.165) is 24.8 Å². The minimum Gasteiger partial charge on any atom is -0.393 e. The minimum atomic E-state index is -0.110. The van der Waals surface area contributed by atoms with Crippen molar-refractivity contribution in [1.82, 2.24) is 10.2 Å². The van der Waals surface area contributed by atoms with Crippen LogP contribution in [0.3, 0.4) is 0 Å². The van der Waals surface area contributed by atoms with Gasteiger partial charge in [-0.2, -0.15) is 0 Å². The summed E-state index contributed by atoms with van der Waals surface area (Å²) in [5.74, 6) is 1.39. The molecule has 0 radical (unpaired) electrons. The maximum Gasteiger partial charge on any atom is 0.0540 e. The van der Waals surface area contributed by atoms with Crippen LogP contribution in [0.4, 0.5) is 0 Å². The average molecular weight is 296 g/mol. The molecule has 1 saturated carbocycles. The summed E-state index contributed by atoms with van der Waals surface area (Å²) in [6.45, 7) is 10.3. The van der Waals surface area contributed by atoms with Gasteiger partial charge in [-0.1, -0.05) is 33.6 Å². The monoisotopic (exact) mass is 296 g/mol. The first-order valence-electron chi connectivity index (χ1n) is 9.23. The van der Waals surface area contributed by atoms with Gasteiger partial charge in [-0.05, 0) is 43.9 Å². The van der Waals surface area contributed by atoms with E-state index in [-0.39, 0.29) is 6.10 Å². The molecule has 2 N–H and O–H groups in total. The van der Waals surface area contributed by atoms with E-state index < -0.39 is 0 Å². The van der Waals surface area contributed by atoms with Crippen molar-refractivity contribution in [2.45, 2.75) is 83.9 Å². The molecule has 21 heavy (non-hydrogen) atoms. The second kappa shape index (κ2) is 8.50. The number of hydrogen-bond acceptors (Lipinski definition) is 3. The largest absolute Gasteiger partial charge is 0.393 e. The first-order valence-corrected chi connectivity index (χ1v) is 9.23. The van der Waals surface area contributed by atoms with E-state index in [2.05, 4.69) is 31.0 Å². The number of nitrogens with zero attached hydrogens (tertiary/aromatic N) is 1. The van der Waals surface area contributed by atoms with Gasteiger partial charge in [0.05, 0.1) is 6.10 Å². The van der Waals surface area contributed by atoms with E-state index >= 15 is 0 Å². The summed E-state index contributed by atoms with van der Waals surface area (Å²) in [6, 6.07) is 1.39. The van der Waals surface area contributed by atoms with Crippen LogP contribution in [0.5, 0.6) is 0 Å². The Bertz CT molecular complexity index is 289. The van der Waals surface area contributed by atoms with Crippen molar-refractivity contribution in [3.8, 4) is 0 Å². The third-order valence-corrected chi connectivity index (χ3v) is 5.14. The maximum absolute atomic E-state index is 10.0. The van der Waals surface area contributed by atoms with Crippen LogP contribution < -0.4 is 5.32 Å². The Morgan fingerprint density at radius 1 is 1.14 bits per heavy atom. The van der Waals surface area contributed by atoms with E-state index in [1.54, 1.807) is 0 Å². The predicted molar refractivity (Wildman–Crippen MR) is 89.5 cm³/mol. The molecule has 3 unspecified atom stereocenters. The van der Waals surface area contributed by atoms with Crippen molar-refractivity contribution < 1.29 is 5.11 Å². The number of rotatable bonds is 7. The molecule has 2 rings (SSSR count). The van der Waals surface area contributed by atoms with Crippen LogP contribution in [0.1, 0.15) is 65.7 Å². The number of aliphatic hydroxyl groups is 1. The molecule has 1 aliphatic heterocycles. The van der Waals surface area contributed by atoms with Gasteiger partial charge in [0.2, 0.25) is 0 Å². The molecule has 0 spiro atoms. The van der Waals surface area contributed by atoms with Gasteiger partial charge in [0.15, 0.2) is 0 Å². The highest BCUT2D eigenvalue weighted by molar-refractivity contribution is 4.88. The quantitative estimate of drug-likeness (QED) is 0.758. The number of aliphatic hydroxyl groups excluding tert-OH is 1. The number of hydrogen-bond donors (Lipinski definition) is 2. The third-order valence-electron chi connectivity index (χ3n) is 5.14. The standard InChI is InChI=1S/C18H36N2O/c1-4-18(21)10-15-9-17(19-16-7-5-6-8-16)13-20(12-15)11-14(2)3/h14-19,21H,4-13H2,1-3H3. The molecule has 124 valence electrons. The molecule has 0 amide bonds. The fraction of sp³-hybridized carbons (Fsp3) is 1.00. The molecule has 3 heteroatoms. The highest BCUT2D eigenvalue weighted by Crippen LogP contribution is 2.25.